The standard InChI is InChI=1S/C16H17NO2S/c1-17-8-15(11-3-5-12(19-2)6-4-11)14-7-13(10-18)20-16(14)9-17/h3-7,10,15H,8-9H2,1-2H3. The molecule has 2 aromatic rings. The Labute approximate surface area is 122 Å². The van der Waals surface area contributed by atoms with Crippen LogP contribution in [0.15, 0.2) is 30.3 Å². The molecule has 0 radical (unpaired) electrons. The molecule has 0 amide bonds. The molecular weight excluding hydrogens is 270 g/mol. The molecule has 1 unspecified atom stereocenters. The molecule has 1 aliphatic rings. The zero-order chi connectivity index (χ0) is 14.1. The van der Waals surface area contributed by atoms with Crippen LogP contribution in [0.1, 0.15) is 31.6 Å². The van der Waals surface area contributed by atoms with Crippen molar-refractivity contribution in [3.8, 4) is 5.75 Å². The molecule has 20 heavy (non-hydrogen) atoms. The van der Waals surface area contributed by atoms with E-state index in [9.17, 15) is 4.79 Å². The largest absolute Gasteiger partial charge is 0.497 e. The predicted octanol–water partition coefficient (Wildman–Crippen LogP) is 3.15. The van der Waals surface area contributed by atoms with E-state index in [4.69, 9.17) is 4.74 Å². The van der Waals surface area contributed by atoms with E-state index in [-0.39, 0.29) is 0 Å². The lowest BCUT2D eigenvalue weighted by Gasteiger charge is -2.30. The normalized spacial score (nSPS) is 18.6. The number of thiophene rings is 1. The number of aldehydes is 1. The molecule has 0 spiro atoms. The molecule has 0 bridgehead atoms. The van der Waals surface area contributed by atoms with Crippen molar-refractivity contribution >= 4 is 17.6 Å². The first-order valence-electron chi connectivity index (χ1n) is 6.61. The summed E-state index contributed by atoms with van der Waals surface area (Å²) in [6, 6.07) is 10.3. The van der Waals surface area contributed by atoms with Crippen LogP contribution in [0.4, 0.5) is 0 Å². The molecular formula is C16H17NO2S. The fourth-order valence-corrected chi connectivity index (χ4v) is 3.90. The van der Waals surface area contributed by atoms with Crippen LogP contribution >= 0.6 is 11.3 Å². The first-order chi connectivity index (χ1) is 9.71. The number of hydrogen-bond acceptors (Lipinski definition) is 4. The molecule has 0 aliphatic carbocycles. The molecule has 0 saturated carbocycles. The number of benzene rings is 1. The van der Waals surface area contributed by atoms with Crippen LogP contribution in [0.25, 0.3) is 0 Å². The summed E-state index contributed by atoms with van der Waals surface area (Å²) >= 11 is 1.61. The van der Waals surface area contributed by atoms with Gasteiger partial charge in [-0.3, -0.25) is 4.79 Å². The third kappa shape index (κ3) is 2.37. The van der Waals surface area contributed by atoms with Crippen molar-refractivity contribution in [3.63, 3.8) is 0 Å². The van der Waals surface area contributed by atoms with Gasteiger partial charge >= 0.3 is 0 Å². The molecule has 0 fully saturated rings. The predicted molar refractivity (Wildman–Crippen MR) is 80.9 cm³/mol. The van der Waals surface area contributed by atoms with Gasteiger partial charge in [-0.25, -0.2) is 0 Å². The number of carbonyl (C=O) groups is 1. The molecule has 0 N–H and O–H groups in total. The maximum Gasteiger partial charge on any atom is 0.160 e. The average Bonchev–Trinajstić information content (AvgIpc) is 2.89. The van der Waals surface area contributed by atoms with Gasteiger partial charge in [0, 0.05) is 23.9 Å². The third-order valence-corrected chi connectivity index (χ3v) is 4.84. The van der Waals surface area contributed by atoms with Gasteiger partial charge in [0.05, 0.1) is 12.0 Å². The van der Waals surface area contributed by atoms with Crippen molar-refractivity contribution in [2.45, 2.75) is 12.5 Å². The fourth-order valence-electron chi connectivity index (χ4n) is 2.78. The zero-order valence-electron chi connectivity index (χ0n) is 11.6. The molecule has 1 aromatic heterocycles. The van der Waals surface area contributed by atoms with E-state index in [1.165, 1.54) is 16.0 Å². The lowest BCUT2D eigenvalue weighted by Crippen LogP contribution is -2.29. The smallest absolute Gasteiger partial charge is 0.160 e. The Morgan fingerprint density at radius 1 is 1.35 bits per heavy atom. The van der Waals surface area contributed by atoms with Crippen molar-refractivity contribution in [2.24, 2.45) is 0 Å². The van der Waals surface area contributed by atoms with Gasteiger partial charge in [-0.1, -0.05) is 12.1 Å². The van der Waals surface area contributed by atoms with Crippen LogP contribution in [0.2, 0.25) is 0 Å². The average molecular weight is 287 g/mol. The van der Waals surface area contributed by atoms with E-state index in [1.54, 1.807) is 18.4 Å². The maximum absolute atomic E-state index is 11.0. The van der Waals surface area contributed by atoms with Gasteiger partial charge in [0.1, 0.15) is 5.75 Å². The van der Waals surface area contributed by atoms with Crippen molar-refractivity contribution in [2.75, 3.05) is 20.7 Å². The summed E-state index contributed by atoms with van der Waals surface area (Å²) < 4.78 is 5.21. The van der Waals surface area contributed by atoms with E-state index in [0.29, 0.717) is 5.92 Å². The molecule has 1 aromatic carbocycles. The Bertz CT molecular complexity index is 618. The number of fused-ring (bicyclic) bond motifs is 1. The molecule has 0 saturated heterocycles. The van der Waals surface area contributed by atoms with E-state index >= 15 is 0 Å². The van der Waals surface area contributed by atoms with Gasteiger partial charge < -0.3 is 9.64 Å². The summed E-state index contributed by atoms with van der Waals surface area (Å²) in [5, 5.41) is 0. The Morgan fingerprint density at radius 3 is 2.75 bits per heavy atom. The molecule has 3 nitrogen and oxygen atoms in total. The summed E-state index contributed by atoms with van der Waals surface area (Å²) in [5.74, 6) is 1.21. The second-order valence-corrected chi connectivity index (χ2v) is 6.34. The Morgan fingerprint density at radius 2 is 2.10 bits per heavy atom. The third-order valence-electron chi connectivity index (χ3n) is 3.78. The van der Waals surface area contributed by atoms with Gasteiger partial charge in [-0.05, 0) is 36.4 Å². The van der Waals surface area contributed by atoms with Crippen LogP contribution in [0.5, 0.6) is 5.75 Å². The number of carbonyl (C=O) groups excluding carboxylic acids is 1. The summed E-state index contributed by atoms with van der Waals surface area (Å²) in [6.45, 7) is 1.91. The first-order valence-corrected chi connectivity index (χ1v) is 7.43. The molecule has 1 atom stereocenters. The Balaban J connectivity index is 2.00. The van der Waals surface area contributed by atoms with Crippen molar-refractivity contribution in [1.82, 2.24) is 4.90 Å². The highest BCUT2D eigenvalue weighted by molar-refractivity contribution is 7.13. The Hall–Kier alpha value is -1.65. The number of likely N-dealkylation sites (N-methyl/N-ethyl adjacent to an activating group) is 1. The van der Waals surface area contributed by atoms with Crippen molar-refractivity contribution in [3.05, 3.63) is 51.2 Å². The lowest BCUT2D eigenvalue weighted by molar-refractivity contribution is 0.112. The van der Waals surface area contributed by atoms with E-state index < -0.39 is 0 Å². The van der Waals surface area contributed by atoms with Crippen LogP contribution in [-0.2, 0) is 6.54 Å². The number of hydrogen-bond donors (Lipinski definition) is 0. The van der Waals surface area contributed by atoms with Crippen molar-refractivity contribution in [1.29, 1.82) is 0 Å². The highest BCUT2D eigenvalue weighted by atomic mass is 32.1. The molecule has 2 heterocycles. The lowest BCUT2D eigenvalue weighted by atomic mass is 9.88. The monoisotopic (exact) mass is 287 g/mol. The van der Waals surface area contributed by atoms with Gasteiger partial charge in [-0.2, -0.15) is 0 Å². The molecule has 1 aliphatic heterocycles. The van der Waals surface area contributed by atoms with Gasteiger partial charge in [0.25, 0.3) is 0 Å². The minimum Gasteiger partial charge on any atom is -0.497 e. The number of nitrogens with zero attached hydrogens (tertiary/aromatic N) is 1. The van der Waals surface area contributed by atoms with Crippen LogP contribution in [0, 0.1) is 0 Å². The van der Waals surface area contributed by atoms with Crippen molar-refractivity contribution < 1.29 is 9.53 Å². The van der Waals surface area contributed by atoms with E-state index in [0.717, 1.165) is 30.0 Å². The van der Waals surface area contributed by atoms with E-state index in [1.807, 2.05) is 12.1 Å². The van der Waals surface area contributed by atoms with Gasteiger partial charge in [0.15, 0.2) is 6.29 Å². The summed E-state index contributed by atoms with van der Waals surface area (Å²) in [5.41, 5.74) is 2.58. The van der Waals surface area contributed by atoms with Crippen LogP contribution in [-0.4, -0.2) is 31.9 Å². The quantitative estimate of drug-likeness (QED) is 0.812. The van der Waals surface area contributed by atoms with Crippen LogP contribution in [0.3, 0.4) is 0 Å². The molecule has 3 rings (SSSR count). The second-order valence-electron chi connectivity index (χ2n) is 5.17. The topological polar surface area (TPSA) is 29.5 Å². The van der Waals surface area contributed by atoms with Gasteiger partial charge in [-0.15, -0.1) is 11.3 Å². The number of rotatable bonds is 3. The highest BCUT2D eigenvalue weighted by Crippen LogP contribution is 2.37. The Kier molecular flexibility index (Phi) is 3.59. The maximum atomic E-state index is 11.0. The summed E-state index contributed by atoms with van der Waals surface area (Å²) in [4.78, 5) is 15.5. The van der Waals surface area contributed by atoms with Crippen LogP contribution < -0.4 is 4.74 Å². The number of methoxy groups -OCH3 is 1. The fraction of sp³-hybridized carbons (Fsp3) is 0.312. The molecule has 104 valence electrons. The number of ether oxygens (including phenoxy) is 1. The van der Waals surface area contributed by atoms with Gasteiger partial charge in [0.2, 0.25) is 0 Å². The minimum atomic E-state index is 0.333. The molecule has 4 heteroatoms. The zero-order valence-corrected chi connectivity index (χ0v) is 12.4. The van der Waals surface area contributed by atoms with E-state index in [2.05, 4.69) is 30.1 Å². The summed E-state index contributed by atoms with van der Waals surface area (Å²) in [6.07, 6.45) is 0.952. The highest BCUT2D eigenvalue weighted by Gasteiger charge is 2.27. The minimum absolute atomic E-state index is 0.333. The first kappa shape index (κ1) is 13.3. The SMILES string of the molecule is COc1ccc(C2CN(C)Cc3sc(C=O)cc32)cc1. The second kappa shape index (κ2) is 5.38. The summed E-state index contributed by atoms with van der Waals surface area (Å²) in [7, 11) is 3.80.